The zero-order valence-electron chi connectivity index (χ0n) is 8.80. The highest BCUT2D eigenvalue weighted by atomic mass is 19.2. The van der Waals surface area contributed by atoms with E-state index in [0.717, 1.165) is 12.1 Å². The molecule has 0 heterocycles. The summed E-state index contributed by atoms with van der Waals surface area (Å²) in [5.74, 6) is -2.56. The Hall–Kier alpha value is -1.45. The van der Waals surface area contributed by atoms with E-state index in [1.54, 1.807) is 13.8 Å². The van der Waals surface area contributed by atoms with Crippen LogP contribution in [0.1, 0.15) is 24.2 Å². The fraction of sp³-hybridized carbons (Fsp3) is 0.364. The van der Waals surface area contributed by atoms with Crippen LogP contribution < -0.4 is 4.74 Å². The van der Waals surface area contributed by atoms with Gasteiger partial charge in [0.1, 0.15) is 5.75 Å². The third-order valence-corrected chi connectivity index (χ3v) is 2.03. The van der Waals surface area contributed by atoms with Crippen molar-refractivity contribution in [3.8, 4) is 5.75 Å². The van der Waals surface area contributed by atoms with Gasteiger partial charge in [0.25, 0.3) is 0 Å². The molecule has 1 rings (SSSR count). The molecule has 1 aromatic rings. The molecule has 0 aliphatic carbocycles. The minimum absolute atomic E-state index is 0.0626. The average molecular weight is 214 g/mol. The van der Waals surface area contributed by atoms with Crippen LogP contribution in [0.5, 0.6) is 5.75 Å². The largest absolute Gasteiger partial charge is 0.496 e. The van der Waals surface area contributed by atoms with E-state index in [-0.39, 0.29) is 23.0 Å². The summed E-state index contributed by atoms with van der Waals surface area (Å²) < 4.78 is 30.6. The van der Waals surface area contributed by atoms with Gasteiger partial charge in [0, 0.05) is 12.0 Å². The van der Waals surface area contributed by atoms with Crippen LogP contribution in [-0.4, -0.2) is 12.9 Å². The summed E-state index contributed by atoms with van der Waals surface area (Å²) in [5, 5.41) is 0. The van der Waals surface area contributed by atoms with Crippen LogP contribution in [0, 0.1) is 17.6 Å². The van der Waals surface area contributed by atoms with Crippen LogP contribution in [0.3, 0.4) is 0 Å². The Morgan fingerprint density at radius 2 is 1.80 bits per heavy atom. The molecule has 0 spiro atoms. The molecule has 1 aromatic carbocycles. The Morgan fingerprint density at radius 3 is 2.27 bits per heavy atom. The smallest absolute Gasteiger partial charge is 0.169 e. The van der Waals surface area contributed by atoms with Gasteiger partial charge in [-0.05, 0) is 6.07 Å². The summed E-state index contributed by atoms with van der Waals surface area (Å²) >= 11 is 0. The Kier molecular flexibility index (Phi) is 3.39. The molecule has 0 radical (unpaired) electrons. The molecule has 0 aliphatic rings. The maximum Gasteiger partial charge on any atom is 0.169 e. The first-order valence-electron chi connectivity index (χ1n) is 4.54. The summed E-state index contributed by atoms with van der Waals surface area (Å²) in [6.45, 7) is 3.37. The van der Waals surface area contributed by atoms with Crippen molar-refractivity contribution in [2.24, 2.45) is 5.92 Å². The van der Waals surface area contributed by atoms with Gasteiger partial charge in [0.2, 0.25) is 0 Å². The van der Waals surface area contributed by atoms with Crippen LogP contribution in [-0.2, 0) is 0 Å². The second kappa shape index (κ2) is 4.38. The molecule has 4 heteroatoms. The number of rotatable bonds is 3. The molecular formula is C11H12F2O2. The predicted octanol–water partition coefficient (Wildman–Crippen LogP) is 2.81. The van der Waals surface area contributed by atoms with Crippen molar-refractivity contribution >= 4 is 5.78 Å². The number of methoxy groups -OCH3 is 1. The van der Waals surface area contributed by atoms with Gasteiger partial charge in [-0.2, -0.15) is 0 Å². The van der Waals surface area contributed by atoms with Crippen molar-refractivity contribution in [3.05, 3.63) is 29.3 Å². The summed E-state index contributed by atoms with van der Waals surface area (Å²) in [6, 6.07) is 1.75. The molecular weight excluding hydrogens is 202 g/mol. The van der Waals surface area contributed by atoms with Gasteiger partial charge in [-0.1, -0.05) is 13.8 Å². The van der Waals surface area contributed by atoms with Crippen molar-refractivity contribution in [1.82, 2.24) is 0 Å². The van der Waals surface area contributed by atoms with E-state index in [1.165, 1.54) is 7.11 Å². The molecule has 2 nitrogen and oxygen atoms in total. The van der Waals surface area contributed by atoms with Gasteiger partial charge in [-0.3, -0.25) is 4.79 Å². The molecule has 0 saturated carbocycles. The van der Waals surface area contributed by atoms with E-state index in [2.05, 4.69) is 0 Å². The van der Waals surface area contributed by atoms with Crippen molar-refractivity contribution in [2.75, 3.05) is 7.11 Å². The fourth-order valence-corrected chi connectivity index (χ4v) is 1.20. The highest BCUT2D eigenvalue weighted by molar-refractivity contribution is 5.99. The van der Waals surface area contributed by atoms with Crippen LogP contribution in [0.4, 0.5) is 8.78 Å². The highest BCUT2D eigenvalue weighted by Gasteiger charge is 2.18. The number of benzene rings is 1. The molecule has 0 amide bonds. The zero-order chi connectivity index (χ0) is 11.6. The maximum atomic E-state index is 12.9. The lowest BCUT2D eigenvalue weighted by Crippen LogP contribution is -2.10. The molecule has 0 saturated heterocycles. The topological polar surface area (TPSA) is 26.3 Å². The molecule has 82 valence electrons. The standard InChI is InChI=1S/C11H12F2O2/c1-6(2)11(14)7-4-8(12)9(13)5-10(7)15-3/h4-6H,1-3H3. The molecule has 0 fully saturated rings. The van der Waals surface area contributed by atoms with Crippen LogP contribution in [0.15, 0.2) is 12.1 Å². The molecule has 15 heavy (non-hydrogen) atoms. The minimum atomic E-state index is -1.04. The SMILES string of the molecule is COc1cc(F)c(F)cc1C(=O)C(C)C. The number of hydrogen-bond donors (Lipinski definition) is 0. The van der Waals surface area contributed by atoms with Crippen molar-refractivity contribution < 1.29 is 18.3 Å². The number of carbonyl (C=O) groups is 1. The van der Waals surface area contributed by atoms with E-state index < -0.39 is 11.6 Å². The first kappa shape index (κ1) is 11.6. The van der Waals surface area contributed by atoms with Gasteiger partial charge < -0.3 is 4.74 Å². The van der Waals surface area contributed by atoms with E-state index in [1.807, 2.05) is 0 Å². The van der Waals surface area contributed by atoms with E-state index in [9.17, 15) is 13.6 Å². The molecule has 0 unspecified atom stereocenters. The summed E-state index contributed by atoms with van der Waals surface area (Å²) in [7, 11) is 1.31. The van der Waals surface area contributed by atoms with Gasteiger partial charge in [-0.15, -0.1) is 0 Å². The van der Waals surface area contributed by atoms with E-state index in [4.69, 9.17) is 4.74 Å². The van der Waals surface area contributed by atoms with Crippen LogP contribution in [0.25, 0.3) is 0 Å². The van der Waals surface area contributed by atoms with Gasteiger partial charge in [0.15, 0.2) is 17.4 Å². The molecule has 0 N–H and O–H groups in total. The summed E-state index contributed by atoms with van der Waals surface area (Å²) in [6.07, 6.45) is 0. The lowest BCUT2D eigenvalue weighted by molar-refractivity contribution is 0.0935. The van der Waals surface area contributed by atoms with Crippen molar-refractivity contribution in [2.45, 2.75) is 13.8 Å². The Labute approximate surface area is 86.9 Å². The first-order chi connectivity index (χ1) is 6.97. The minimum Gasteiger partial charge on any atom is -0.496 e. The zero-order valence-corrected chi connectivity index (χ0v) is 8.80. The van der Waals surface area contributed by atoms with E-state index in [0.29, 0.717) is 0 Å². The van der Waals surface area contributed by atoms with Gasteiger partial charge >= 0.3 is 0 Å². The average Bonchev–Trinajstić information content (AvgIpc) is 2.20. The third kappa shape index (κ3) is 2.32. The number of Topliss-reactive ketones (excluding diaryl/α,β-unsaturated/α-hetero) is 1. The Morgan fingerprint density at radius 1 is 1.27 bits per heavy atom. The Balaban J connectivity index is 3.27. The lowest BCUT2D eigenvalue weighted by atomic mass is 10.00. The second-order valence-electron chi connectivity index (χ2n) is 3.49. The maximum absolute atomic E-state index is 12.9. The molecule has 0 aromatic heterocycles. The van der Waals surface area contributed by atoms with Gasteiger partial charge in [0.05, 0.1) is 12.7 Å². The van der Waals surface area contributed by atoms with Crippen molar-refractivity contribution in [3.63, 3.8) is 0 Å². The number of ketones is 1. The lowest BCUT2D eigenvalue weighted by Gasteiger charge is -2.10. The predicted molar refractivity (Wildman–Crippen MR) is 52.1 cm³/mol. The highest BCUT2D eigenvalue weighted by Crippen LogP contribution is 2.24. The first-order valence-corrected chi connectivity index (χ1v) is 4.54. The quantitative estimate of drug-likeness (QED) is 0.723. The number of hydrogen-bond acceptors (Lipinski definition) is 2. The second-order valence-corrected chi connectivity index (χ2v) is 3.49. The summed E-state index contributed by atoms with van der Waals surface area (Å²) in [5.41, 5.74) is 0.0754. The Bertz CT molecular complexity index is 386. The molecule has 0 bridgehead atoms. The monoisotopic (exact) mass is 214 g/mol. The number of ether oxygens (including phenoxy) is 1. The van der Waals surface area contributed by atoms with Gasteiger partial charge in [-0.25, -0.2) is 8.78 Å². The molecule has 0 atom stereocenters. The number of carbonyl (C=O) groups excluding carboxylic acids is 1. The van der Waals surface area contributed by atoms with Crippen LogP contribution in [0.2, 0.25) is 0 Å². The van der Waals surface area contributed by atoms with Crippen LogP contribution >= 0.6 is 0 Å². The number of halogens is 2. The normalized spacial score (nSPS) is 10.5. The third-order valence-electron chi connectivity index (χ3n) is 2.03. The van der Waals surface area contributed by atoms with Crippen molar-refractivity contribution in [1.29, 1.82) is 0 Å². The van der Waals surface area contributed by atoms with E-state index >= 15 is 0 Å². The molecule has 0 aliphatic heterocycles. The fourth-order valence-electron chi connectivity index (χ4n) is 1.20. The summed E-state index contributed by atoms with van der Waals surface area (Å²) in [4.78, 5) is 11.6.